The van der Waals surface area contributed by atoms with Crippen molar-refractivity contribution in [2.45, 2.75) is 13.3 Å². The molecule has 94 valence electrons. The average molecular weight is 254 g/mol. The summed E-state index contributed by atoms with van der Waals surface area (Å²) in [6.45, 7) is 3.07. The zero-order chi connectivity index (χ0) is 12.5. The molecule has 0 atom stereocenters. The summed E-state index contributed by atoms with van der Waals surface area (Å²) in [6.07, 6.45) is 3.82. The van der Waals surface area contributed by atoms with Crippen LogP contribution in [0.3, 0.4) is 0 Å². The number of aldehydes is 1. The summed E-state index contributed by atoms with van der Waals surface area (Å²) in [6, 6.07) is 5.35. The Hall–Kier alpha value is -1.16. The molecule has 0 aliphatic carbocycles. The Morgan fingerprint density at radius 1 is 1.35 bits per heavy atom. The molecule has 0 aromatic heterocycles. The smallest absolute Gasteiger partial charge is 0.171 e. The van der Waals surface area contributed by atoms with Crippen molar-refractivity contribution in [2.75, 3.05) is 25.2 Å². The number of hydrogen-bond acceptors (Lipinski definition) is 4. The Balaban J connectivity index is 2.74. The minimum Gasteiger partial charge on any atom is -0.490 e. The first-order chi connectivity index (χ1) is 8.33. The Labute approximate surface area is 106 Å². The molecule has 0 bridgehead atoms. The summed E-state index contributed by atoms with van der Waals surface area (Å²) in [5, 5.41) is 0. The Kier molecular flexibility index (Phi) is 6.55. The van der Waals surface area contributed by atoms with E-state index in [1.165, 1.54) is 0 Å². The van der Waals surface area contributed by atoms with Crippen LogP contribution in [-0.4, -0.2) is 31.5 Å². The lowest BCUT2D eigenvalue weighted by molar-refractivity contribution is 0.111. The molecule has 0 saturated carbocycles. The van der Waals surface area contributed by atoms with E-state index < -0.39 is 0 Å². The van der Waals surface area contributed by atoms with Gasteiger partial charge in [-0.1, -0.05) is 6.07 Å². The number of ether oxygens (including phenoxy) is 2. The second-order valence-corrected chi connectivity index (χ2v) is 4.41. The molecule has 3 nitrogen and oxygen atoms in total. The summed E-state index contributed by atoms with van der Waals surface area (Å²) in [5.74, 6) is 2.25. The predicted octanol–water partition coefficient (Wildman–Crippen LogP) is 3.03. The van der Waals surface area contributed by atoms with Crippen molar-refractivity contribution >= 4 is 18.0 Å². The fourth-order valence-corrected chi connectivity index (χ4v) is 1.83. The molecular weight excluding hydrogens is 236 g/mol. The summed E-state index contributed by atoms with van der Waals surface area (Å²) < 4.78 is 11.1. The standard InChI is InChI=1S/C13H18O3S/c1-3-15-12-7-4-6-11(10-14)13(12)16-8-5-9-17-2/h4,6-7,10H,3,5,8-9H2,1-2H3. The molecule has 0 spiro atoms. The third-order valence-corrected chi connectivity index (χ3v) is 2.87. The molecule has 0 radical (unpaired) electrons. The van der Waals surface area contributed by atoms with Gasteiger partial charge in [0.05, 0.1) is 18.8 Å². The van der Waals surface area contributed by atoms with Crippen molar-refractivity contribution in [3.8, 4) is 11.5 Å². The second-order valence-electron chi connectivity index (χ2n) is 3.42. The molecule has 0 saturated heterocycles. The van der Waals surface area contributed by atoms with Gasteiger partial charge in [0.1, 0.15) is 0 Å². The van der Waals surface area contributed by atoms with Crippen molar-refractivity contribution in [3.05, 3.63) is 23.8 Å². The predicted molar refractivity (Wildman–Crippen MR) is 71.5 cm³/mol. The normalized spacial score (nSPS) is 10.0. The third-order valence-electron chi connectivity index (χ3n) is 2.18. The maximum Gasteiger partial charge on any atom is 0.171 e. The van der Waals surface area contributed by atoms with Crippen LogP contribution >= 0.6 is 11.8 Å². The van der Waals surface area contributed by atoms with Gasteiger partial charge < -0.3 is 9.47 Å². The summed E-state index contributed by atoms with van der Waals surface area (Å²) >= 11 is 1.78. The molecule has 0 amide bonds. The van der Waals surface area contributed by atoms with Crippen molar-refractivity contribution in [1.82, 2.24) is 0 Å². The van der Waals surface area contributed by atoms with Gasteiger partial charge in [-0.05, 0) is 37.5 Å². The quantitative estimate of drug-likeness (QED) is 0.527. The molecular formula is C13H18O3S. The summed E-state index contributed by atoms with van der Waals surface area (Å²) in [4.78, 5) is 10.9. The van der Waals surface area contributed by atoms with Gasteiger partial charge in [-0.3, -0.25) is 4.79 Å². The first kappa shape index (κ1) is 13.9. The van der Waals surface area contributed by atoms with E-state index in [0.717, 1.165) is 18.5 Å². The lowest BCUT2D eigenvalue weighted by Gasteiger charge is -2.13. The topological polar surface area (TPSA) is 35.5 Å². The monoisotopic (exact) mass is 254 g/mol. The van der Waals surface area contributed by atoms with Gasteiger partial charge in [-0.15, -0.1) is 0 Å². The zero-order valence-electron chi connectivity index (χ0n) is 10.3. The minimum absolute atomic E-state index is 0.542. The number of para-hydroxylation sites is 1. The van der Waals surface area contributed by atoms with Gasteiger partial charge in [-0.25, -0.2) is 0 Å². The highest BCUT2D eigenvalue weighted by atomic mass is 32.2. The molecule has 1 rings (SSSR count). The van der Waals surface area contributed by atoms with Gasteiger partial charge in [0.15, 0.2) is 17.8 Å². The maximum atomic E-state index is 10.9. The number of carbonyl (C=O) groups is 1. The number of rotatable bonds is 8. The lowest BCUT2D eigenvalue weighted by Crippen LogP contribution is -2.04. The van der Waals surface area contributed by atoms with Crippen LogP contribution in [0.2, 0.25) is 0 Å². The molecule has 1 aromatic carbocycles. The molecule has 0 aliphatic heterocycles. The highest BCUT2D eigenvalue weighted by Gasteiger charge is 2.10. The third kappa shape index (κ3) is 4.30. The first-order valence-corrected chi connectivity index (χ1v) is 7.05. The molecule has 0 fully saturated rings. The number of benzene rings is 1. The van der Waals surface area contributed by atoms with Crippen LogP contribution in [0.25, 0.3) is 0 Å². The maximum absolute atomic E-state index is 10.9. The highest BCUT2D eigenvalue weighted by Crippen LogP contribution is 2.30. The van der Waals surface area contributed by atoms with Crippen LogP contribution in [0, 0.1) is 0 Å². The summed E-state index contributed by atoms with van der Waals surface area (Å²) in [5.41, 5.74) is 0.542. The van der Waals surface area contributed by atoms with Crippen molar-refractivity contribution in [2.24, 2.45) is 0 Å². The largest absolute Gasteiger partial charge is 0.490 e. The lowest BCUT2D eigenvalue weighted by atomic mass is 10.2. The fraction of sp³-hybridized carbons (Fsp3) is 0.462. The molecule has 0 unspecified atom stereocenters. The van der Waals surface area contributed by atoms with Gasteiger partial charge in [0, 0.05) is 0 Å². The average Bonchev–Trinajstić information content (AvgIpc) is 2.36. The highest BCUT2D eigenvalue weighted by molar-refractivity contribution is 7.98. The van der Waals surface area contributed by atoms with E-state index in [-0.39, 0.29) is 0 Å². The molecule has 4 heteroatoms. The molecule has 1 aromatic rings. The number of carbonyl (C=O) groups excluding carboxylic acids is 1. The van der Waals surface area contributed by atoms with E-state index >= 15 is 0 Å². The van der Waals surface area contributed by atoms with E-state index in [4.69, 9.17) is 9.47 Å². The van der Waals surface area contributed by atoms with E-state index in [1.807, 2.05) is 13.0 Å². The van der Waals surface area contributed by atoms with E-state index in [2.05, 4.69) is 6.26 Å². The van der Waals surface area contributed by atoms with E-state index in [9.17, 15) is 4.79 Å². The Morgan fingerprint density at radius 3 is 2.82 bits per heavy atom. The molecule has 0 heterocycles. The minimum atomic E-state index is 0.542. The number of thioether (sulfide) groups is 1. The van der Waals surface area contributed by atoms with Crippen molar-refractivity contribution in [3.63, 3.8) is 0 Å². The van der Waals surface area contributed by atoms with Crippen molar-refractivity contribution < 1.29 is 14.3 Å². The fourth-order valence-electron chi connectivity index (χ4n) is 1.43. The van der Waals surface area contributed by atoms with Crippen LogP contribution in [0.1, 0.15) is 23.7 Å². The van der Waals surface area contributed by atoms with Gasteiger partial charge >= 0.3 is 0 Å². The Bertz CT molecular complexity index is 353. The zero-order valence-corrected chi connectivity index (χ0v) is 11.1. The van der Waals surface area contributed by atoms with E-state index in [1.54, 1.807) is 23.9 Å². The molecule has 0 aliphatic rings. The van der Waals surface area contributed by atoms with E-state index in [0.29, 0.717) is 30.3 Å². The SMILES string of the molecule is CCOc1cccc(C=O)c1OCCCSC. The first-order valence-electron chi connectivity index (χ1n) is 5.66. The van der Waals surface area contributed by atoms with Gasteiger partial charge in [-0.2, -0.15) is 11.8 Å². The van der Waals surface area contributed by atoms with Gasteiger partial charge in [0.2, 0.25) is 0 Å². The molecule has 0 N–H and O–H groups in total. The van der Waals surface area contributed by atoms with Gasteiger partial charge in [0.25, 0.3) is 0 Å². The van der Waals surface area contributed by atoms with Crippen molar-refractivity contribution in [1.29, 1.82) is 0 Å². The van der Waals surface area contributed by atoms with Crippen LogP contribution in [0.5, 0.6) is 11.5 Å². The van der Waals surface area contributed by atoms with Crippen LogP contribution in [-0.2, 0) is 0 Å². The van der Waals surface area contributed by atoms with Crippen LogP contribution < -0.4 is 9.47 Å². The molecule has 17 heavy (non-hydrogen) atoms. The van der Waals surface area contributed by atoms with Crippen LogP contribution in [0.4, 0.5) is 0 Å². The van der Waals surface area contributed by atoms with Crippen LogP contribution in [0.15, 0.2) is 18.2 Å². The number of hydrogen-bond donors (Lipinski definition) is 0. The second kappa shape index (κ2) is 8.01. The Morgan fingerprint density at radius 2 is 2.18 bits per heavy atom. The summed E-state index contributed by atoms with van der Waals surface area (Å²) in [7, 11) is 0.